The van der Waals surface area contributed by atoms with Gasteiger partial charge >= 0.3 is 5.97 Å². The summed E-state index contributed by atoms with van der Waals surface area (Å²) in [5.74, 6) is -1.20. The first-order valence-corrected chi connectivity index (χ1v) is 4.68. The van der Waals surface area contributed by atoms with E-state index in [0.717, 1.165) is 0 Å². The second-order valence-corrected chi connectivity index (χ2v) is 3.36. The molecule has 2 unspecified atom stereocenters. The topological polar surface area (TPSA) is 111 Å². The predicted molar refractivity (Wildman–Crippen MR) is 53.4 cm³/mol. The lowest BCUT2D eigenvalue weighted by Crippen LogP contribution is -2.22. The average molecular weight is 227 g/mol. The Labute approximate surface area is 91.8 Å². The highest BCUT2D eigenvalue weighted by Crippen LogP contribution is 2.17. The number of aliphatic carboxylic acids is 1. The van der Waals surface area contributed by atoms with Crippen LogP contribution in [0.3, 0.4) is 0 Å². The molecule has 0 radical (unpaired) electrons. The van der Waals surface area contributed by atoms with Crippen LogP contribution in [0.15, 0.2) is 18.3 Å². The molecular formula is C10H13NO5. The van der Waals surface area contributed by atoms with Crippen molar-refractivity contribution in [1.82, 2.24) is 4.98 Å². The van der Waals surface area contributed by atoms with Crippen LogP contribution >= 0.6 is 0 Å². The molecule has 0 aromatic carbocycles. The SMILES string of the molecule is O=C(O)CC(O)C(O)c1ccc(CO)cn1. The molecule has 16 heavy (non-hydrogen) atoms. The summed E-state index contributed by atoms with van der Waals surface area (Å²) in [6.07, 6.45) is -1.94. The third-order valence-corrected chi connectivity index (χ3v) is 2.08. The van der Waals surface area contributed by atoms with Gasteiger partial charge in [-0.1, -0.05) is 6.07 Å². The number of carbonyl (C=O) groups is 1. The lowest BCUT2D eigenvalue weighted by molar-refractivity contribution is -0.141. The third kappa shape index (κ3) is 3.27. The lowest BCUT2D eigenvalue weighted by atomic mass is 10.1. The average Bonchev–Trinajstić information content (AvgIpc) is 2.27. The number of carboxylic acids is 1. The summed E-state index contributed by atoms with van der Waals surface area (Å²) in [4.78, 5) is 14.1. The largest absolute Gasteiger partial charge is 0.481 e. The number of hydrogen-bond donors (Lipinski definition) is 4. The zero-order valence-corrected chi connectivity index (χ0v) is 8.45. The Bertz CT molecular complexity index is 351. The van der Waals surface area contributed by atoms with E-state index < -0.39 is 24.6 Å². The first kappa shape index (κ1) is 12.6. The van der Waals surface area contributed by atoms with Gasteiger partial charge in [0.2, 0.25) is 0 Å². The minimum atomic E-state index is -1.40. The normalized spacial score (nSPS) is 14.4. The minimum Gasteiger partial charge on any atom is -0.481 e. The third-order valence-electron chi connectivity index (χ3n) is 2.08. The second kappa shape index (κ2) is 5.55. The van der Waals surface area contributed by atoms with Crippen molar-refractivity contribution >= 4 is 5.97 Å². The van der Waals surface area contributed by atoms with E-state index in [-0.39, 0.29) is 12.3 Å². The van der Waals surface area contributed by atoms with Gasteiger partial charge in [0.1, 0.15) is 6.10 Å². The van der Waals surface area contributed by atoms with Gasteiger partial charge in [-0.05, 0) is 11.6 Å². The zero-order valence-electron chi connectivity index (χ0n) is 8.45. The van der Waals surface area contributed by atoms with Crippen LogP contribution in [0.1, 0.15) is 23.8 Å². The van der Waals surface area contributed by atoms with E-state index in [4.69, 9.17) is 10.2 Å². The molecule has 2 atom stereocenters. The van der Waals surface area contributed by atoms with Crippen LogP contribution in [-0.4, -0.2) is 37.5 Å². The Balaban J connectivity index is 2.71. The summed E-state index contributed by atoms with van der Waals surface area (Å²) in [7, 11) is 0. The maximum Gasteiger partial charge on any atom is 0.306 e. The van der Waals surface area contributed by atoms with Crippen LogP contribution < -0.4 is 0 Å². The summed E-state index contributed by atoms with van der Waals surface area (Å²) in [5, 5.41) is 36.1. The fourth-order valence-corrected chi connectivity index (χ4v) is 1.19. The first-order chi connectivity index (χ1) is 7.54. The quantitative estimate of drug-likeness (QED) is 0.536. The summed E-state index contributed by atoms with van der Waals surface area (Å²) in [6.45, 7) is -0.166. The van der Waals surface area contributed by atoms with E-state index in [1.807, 2.05) is 0 Å². The number of aliphatic hydroxyl groups is 3. The maximum atomic E-state index is 10.3. The summed E-state index contributed by atoms with van der Waals surface area (Å²) in [6, 6.07) is 2.97. The molecule has 0 saturated carbocycles. The van der Waals surface area contributed by atoms with Crippen LogP contribution in [-0.2, 0) is 11.4 Å². The van der Waals surface area contributed by atoms with Gasteiger partial charge < -0.3 is 20.4 Å². The fraction of sp³-hybridized carbons (Fsp3) is 0.400. The van der Waals surface area contributed by atoms with Gasteiger partial charge in [0.05, 0.1) is 24.8 Å². The molecule has 1 heterocycles. The predicted octanol–water partition coefficient (Wildman–Crippen LogP) is -0.557. The van der Waals surface area contributed by atoms with Gasteiger partial charge in [-0.25, -0.2) is 0 Å². The number of aliphatic hydroxyl groups excluding tert-OH is 3. The number of pyridine rings is 1. The number of hydrogen-bond acceptors (Lipinski definition) is 5. The molecule has 0 spiro atoms. The molecule has 1 rings (SSSR count). The van der Waals surface area contributed by atoms with E-state index in [1.54, 1.807) is 6.07 Å². The number of aromatic nitrogens is 1. The van der Waals surface area contributed by atoms with Crippen LogP contribution in [0.5, 0.6) is 0 Å². The van der Waals surface area contributed by atoms with Crippen molar-refractivity contribution in [2.45, 2.75) is 25.2 Å². The molecule has 4 N–H and O–H groups in total. The zero-order chi connectivity index (χ0) is 12.1. The van der Waals surface area contributed by atoms with Crippen LogP contribution in [0.2, 0.25) is 0 Å². The second-order valence-electron chi connectivity index (χ2n) is 3.36. The van der Waals surface area contributed by atoms with E-state index in [9.17, 15) is 15.0 Å². The van der Waals surface area contributed by atoms with E-state index in [2.05, 4.69) is 4.98 Å². The number of rotatable bonds is 5. The van der Waals surface area contributed by atoms with Crippen LogP contribution in [0.25, 0.3) is 0 Å². The van der Waals surface area contributed by atoms with E-state index in [0.29, 0.717) is 5.56 Å². The molecule has 0 aliphatic rings. The summed E-state index contributed by atoms with van der Waals surface area (Å²) >= 11 is 0. The van der Waals surface area contributed by atoms with Crippen molar-refractivity contribution in [3.05, 3.63) is 29.6 Å². The molecule has 6 nitrogen and oxygen atoms in total. The highest BCUT2D eigenvalue weighted by Gasteiger charge is 2.21. The summed E-state index contributed by atoms with van der Waals surface area (Å²) in [5.41, 5.74) is 0.745. The molecule has 0 saturated heterocycles. The van der Waals surface area contributed by atoms with Gasteiger partial charge in [0, 0.05) is 6.20 Å². The summed E-state index contributed by atoms with van der Waals surface area (Å²) < 4.78 is 0. The molecule has 88 valence electrons. The maximum absolute atomic E-state index is 10.3. The number of carboxylic acid groups (broad SMARTS) is 1. The number of nitrogens with zero attached hydrogens (tertiary/aromatic N) is 1. The van der Waals surface area contributed by atoms with Gasteiger partial charge in [-0.15, -0.1) is 0 Å². The monoisotopic (exact) mass is 227 g/mol. The molecule has 0 aliphatic heterocycles. The minimum absolute atomic E-state index is 0.166. The van der Waals surface area contributed by atoms with Crippen molar-refractivity contribution in [2.75, 3.05) is 0 Å². The van der Waals surface area contributed by atoms with E-state index in [1.165, 1.54) is 12.3 Å². The lowest BCUT2D eigenvalue weighted by Gasteiger charge is -2.15. The Hall–Kier alpha value is -1.50. The molecular weight excluding hydrogens is 214 g/mol. The van der Waals surface area contributed by atoms with Gasteiger partial charge in [-0.3, -0.25) is 9.78 Å². The molecule has 0 fully saturated rings. The Kier molecular flexibility index (Phi) is 4.36. The van der Waals surface area contributed by atoms with Gasteiger partial charge in [0.25, 0.3) is 0 Å². The molecule has 0 amide bonds. The van der Waals surface area contributed by atoms with Gasteiger partial charge in [0.15, 0.2) is 0 Å². The standard InChI is InChI=1S/C10H13NO5/c12-5-6-1-2-7(11-4-6)10(16)8(13)3-9(14)15/h1-2,4,8,10,12-13,16H,3,5H2,(H,14,15). The fourth-order valence-electron chi connectivity index (χ4n) is 1.19. The van der Waals surface area contributed by atoms with Crippen molar-refractivity contribution in [3.63, 3.8) is 0 Å². The molecule has 0 aliphatic carbocycles. The van der Waals surface area contributed by atoms with Crippen molar-refractivity contribution in [2.24, 2.45) is 0 Å². The Morgan fingerprint density at radius 3 is 2.50 bits per heavy atom. The van der Waals surface area contributed by atoms with Crippen molar-refractivity contribution in [3.8, 4) is 0 Å². The first-order valence-electron chi connectivity index (χ1n) is 4.68. The van der Waals surface area contributed by atoms with Crippen LogP contribution in [0, 0.1) is 0 Å². The Morgan fingerprint density at radius 2 is 2.06 bits per heavy atom. The van der Waals surface area contributed by atoms with E-state index >= 15 is 0 Å². The highest BCUT2D eigenvalue weighted by atomic mass is 16.4. The van der Waals surface area contributed by atoms with Crippen molar-refractivity contribution < 1.29 is 25.2 Å². The van der Waals surface area contributed by atoms with Crippen molar-refractivity contribution in [1.29, 1.82) is 0 Å². The molecule has 1 aromatic heterocycles. The van der Waals surface area contributed by atoms with Crippen LogP contribution in [0.4, 0.5) is 0 Å². The molecule has 1 aromatic rings. The molecule has 0 bridgehead atoms. The smallest absolute Gasteiger partial charge is 0.306 e. The molecule has 6 heteroatoms. The highest BCUT2D eigenvalue weighted by molar-refractivity contribution is 5.67. The van der Waals surface area contributed by atoms with Gasteiger partial charge in [-0.2, -0.15) is 0 Å². The Morgan fingerprint density at radius 1 is 1.38 bits per heavy atom.